The van der Waals surface area contributed by atoms with Gasteiger partial charge in [0.05, 0.1) is 0 Å². The summed E-state index contributed by atoms with van der Waals surface area (Å²) >= 11 is 0. The van der Waals surface area contributed by atoms with Crippen LogP contribution in [0.4, 0.5) is 0 Å². The van der Waals surface area contributed by atoms with Crippen molar-refractivity contribution in [3.05, 3.63) is 34.9 Å². The fourth-order valence-electron chi connectivity index (χ4n) is 3.25. The lowest BCUT2D eigenvalue weighted by atomic mass is 10.1. The summed E-state index contributed by atoms with van der Waals surface area (Å²) in [6.07, 6.45) is 7.91. The summed E-state index contributed by atoms with van der Waals surface area (Å²) in [5.41, 5.74) is 4.62. The maximum Gasteiger partial charge on any atom is 0.0205 e. The largest absolute Gasteiger partial charge is 0.314 e. The molecule has 1 aliphatic carbocycles. The van der Waals surface area contributed by atoms with Gasteiger partial charge in [-0.2, -0.15) is 0 Å². The van der Waals surface area contributed by atoms with E-state index in [1.165, 1.54) is 50.6 Å². The maximum absolute atomic E-state index is 3.58. The lowest BCUT2D eigenvalue weighted by Crippen LogP contribution is -2.26. The molecule has 0 aromatic heterocycles. The van der Waals surface area contributed by atoms with Crippen molar-refractivity contribution in [2.75, 3.05) is 13.1 Å². The van der Waals surface area contributed by atoms with Crippen LogP contribution in [-0.4, -0.2) is 19.1 Å². The van der Waals surface area contributed by atoms with Crippen molar-refractivity contribution in [1.29, 1.82) is 0 Å². The van der Waals surface area contributed by atoms with Gasteiger partial charge in [0.25, 0.3) is 0 Å². The second-order valence-electron chi connectivity index (χ2n) is 5.72. The van der Waals surface area contributed by atoms with E-state index in [0.29, 0.717) is 0 Å². The average Bonchev–Trinajstić information content (AvgIpc) is 3.05. The predicted octanol–water partition coefficient (Wildman–Crippen LogP) is 2.41. The number of nitrogens with one attached hydrogen (secondary N) is 2. The van der Waals surface area contributed by atoms with E-state index in [1.54, 1.807) is 11.1 Å². The molecule has 18 heavy (non-hydrogen) atoms. The molecule has 2 N–H and O–H groups in total. The van der Waals surface area contributed by atoms with Crippen molar-refractivity contribution in [3.63, 3.8) is 0 Å². The molecule has 0 radical (unpaired) electrons. The van der Waals surface area contributed by atoms with Crippen LogP contribution in [-0.2, 0) is 19.4 Å². The fourth-order valence-corrected chi connectivity index (χ4v) is 3.25. The van der Waals surface area contributed by atoms with E-state index in [0.717, 1.165) is 19.1 Å². The molecular weight excluding hydrogens is 220 g/mol. The Bertz CT molecular complexity index is 394. The van der Waals surface area contributed by atoms with Crippen LogP contribution in [0.25, 0.3) is 0 Å². The Kier molecular flexibility index (Phi) is 3.96. The summed E-state index contributed by atoms with van der Waals surface area (Å²) in [5.74, 6) is 0. The Labute approximate surface area is 110 Å². The van der Waals surface area contributed by atoms with E-state index in [2.05, 4.69) is 28.8 Å². The van der Waals surface area contributed by atoms with Crippen molar-refractivity contribution >= 4 is 0 Å². The van der Waals surface area contributed by atoms with E-state index in [-0.39, 0.29) is 0 Å². The van der Waals surface area contributed by atoms with Crippen molar-refractivity contribution in [3.8, 4) is 0 Å². The van der Waals surface area contributed by atoms with Gasteiger partial charge in [-0.1, -0.05) is 18.2 Å². The third-order valence-corrected chi connectivity index (χ3v) is 4.32. The highest BCUT2D eigenvalue weighted by Gasteiger charge is 2.13. The van der Waals surface area contributed by atoms with Gasteiger partial charge in [0.1, 0.15) is 0 Å². The molecule has 1 atom stereocenters. The molecule has 1 fully saturated rings. The molecule has 1 unspecified atom stereocenters. The van der Waals surface area contributed by atoms with Gasteiger partial charge in [-0.3, -0.25) is 0 Å². The van der Waals surface area contributed by atoms with E-state index in [4.69, 9.17) is 0 Å². The third-order valence-electron chi connectivity index (χ3n) is 4.32. The Balaban J connectivity index is 1.42. The first-order valence-electron chi connectivity index (χ1n) is 7.46. The summed E-state index contributed by atoms with van der Waals surface area (Å²) in [4.78, 5) is 0. The zero-order valence-corrected chi connectivity index (χ0v) is 11.2. The van der Waals surface area contributed by atoms with Crippen LogP contribution in [0.2, 0.25) is 0 Å². The second-order valence-corrected chi connectivity index (χ2v) is 5.72. The summed E-state index contributed by atoms with van der Waals surface area (Å²) in [6, 6.07) is 7.80. The standard InChI is InChI=1S/C16H24N2/c1-3-14-7-6-13(11-15(14)4-1)12-17-10-8-16-5-2-9-18-16/h6-7,11,16-18H,1-5,8-10,12H2. The molecule has 1 aromatic rings. The molecule has 1 aliphatic heterocycles. The maximum atomic E-state index is 3.58. The van der Waals surface area contributed by atoms with E-state index in [1.807, 2.05) is 0 Å². The Morgan fingerprint density at radius 3 is 3.00 bits per heavy atom. The molecule has 1 heterocycles. The van der Waals surface area contributed by atoms with Gasteiger partial charge in [-0.15, -0.1) is 0 Å². The van der Waals surface area contributed by atoms with E-state index >= 15 is 0 Å². The number of benzene rings is 1. The van der Waals surface area contributed by atoms with Crippen LogP contribution in [0.1, 0.15) is 42.4 Å². The molecular formula is C16H24N2. The van der Waals surface area contributed by atoms with Crippen LogP contribution in [0.15, 0.2) is 18.2 Å². The Morgan fingerprint density at radius 2 is 2.11 bits per heavy atom. The quantitative estimate of drug-likeness (QED) is 0.777. The number of hydrogen-bond acceptors (Lipinski definition) is 2. The molecule has 1 aromatic carbocycles. The van der Waals surface area contributed by atoms with Crippen molar-refractivity contribution in [1.82, 2.24) is 10.6 Å². The molecule has 0 bridgehead atoms. The van der Waals surface area contributed by atoms with E-state index < -0.39 is 0 Å². The van der Waals surface area contributed by atoms with Crippen molar-refractivity contribution in [2.45, 2.75) is 51.1 Å². The van der Waals surface area contributed by atoms with Gasteiger partial charge in [0.15, 0.2) is 0 Å². The number of hydrogen-bond donors (Lipinski definition) is 2. The number of fused-ring (bicyclic) bond motifs is 1. The zero-order valence-electron chi connectivity index (χ0n) is 11.2. The molecule has 0 saturated carbocycles. The minimum atomic E-state index is 0.762. The Hall–Kier alpha value is -0.860. The summed E-state index contributed by atoms with van der Waals surface area (Å²) in [6.45, 7) is 3.38. The summed E-state index contributed by atoms with van der Waals surface area (Å²) in [5, 5.41) is 7.13. The molecule has 0 spiro atoms. The summed E-state index contributed by atoms with van der Waals surface area (Å²) in [7, 11) is 0. The van der Waals surface area contributed by atoms with Crippen LogP contribution >= 0.6 is 0 Å². The van der Waals surface area contributed by atoms with Crippen molar-refractivity contribution in [2.24, 2.45) is 0 Å². The summed E-state index contributed by atoms with van der Waals surface area (Å²) < 4.78 is 0. The van der Waals surface area contributed by atoms with Gasteiger partial charge in [-0.25, -0.2) is 0 Å². The topological polar surface area (TPSA) is 24.1 Å². The second kappa shape index (κ2) is 5.85. The molecule has 98 valence electrons. The predicted molar refractivity (Wildman–Crippen MR) is 75.8 cm³/mol. The lowest BCUT2D eigenvalue weighted by Gasteiger charge is -2.11. The molecule has 2 aliphatic rings. The van der Waals surface area contributed by atoms with Crippen LogP contribution in [0.3, 0.4) is 0 Å². The van der Waals surface area contributed by atoms with Gasteiger partial charge in [0, 0.05) is 12.6 Å². The number of aryl methyl sites for hydroxylation is 2. The first-order valence-corrected chi connectivity index (χ1v) is 7.46. The van der Waals surface area contributed by atoms with Crippen LogP contribution in [0, 0.1) is 0 Å². The Morgan fingerprint density at radius 1 is 1.17 bits per heavy atom. The third kappa shape index (κ3) is 2.93. The monoisotopic (exact) mass is 244 g/mol. The van der Waals surface area contributed by atoms with Crippen molar-refractivity contribution < 1.29 is 0 Å². The minimum absolute atomic E-state index is 0.762. The van der Waals surface area contributed by atoms with Crippen LogP contribution in [0.5, 0.6) is 0 Å². The highest BCUT2D eigenvalue weighted by Crippen LogP contribution is 2.22. The smallest absolute Gasteiger partial charge is 0.0205 e. The molecule has 3 rings (SSSR count). The highest BCUT2D eigenvalue weighted by atomic mass is 14.9. The first-order chi connectivity index (χ1) is 8.92. The zero-order chi connectivity index (χ0) is 12.2. The SMILES string of the molecule is c1cc2c(cc1CNCCC1CCCN1)CCC2. The molecule has 0 amide bonds. The van der Waals surface area contributed by atoms with Gasteiger partial charge < -0.3 is 10.6 Å². The lowest BCUT2D eigenvalue weighted by molar-refractivity contribution is 0.523. The molecule has 1 saturated heterocycles. The van der Waals surface area contributed by atoms with Crippen LogP contribution < -0.4 is 10.6 Å². The first kappa shape index (κ1) is 12.2. The normalized spacial score (nSPS) is 22.3. The highest BCUT2D eigenvalue weighted by molar-refractivity contribution is 5.35. The van der Waals surface area contributed by atoms with E-state index in [9.17, 15) is 0 Å². The van der Waals surface area contributed by atoms with Gasteiger partial charge >= 0.3 is 0 Å². The number of rotatable bonds is 5. The van der Waals surface area contributed by atoms with Gasteiger partial charge in [-0.05, 0) is 68.3 Å². The average molecular weight is 244 g/mol. The molecule has 2 heteroatoms. The minimum Gasteiger partial charge on any atom is -0.314 e. The fraction of sp³-hybridized carbons (Fsp3) is 0.625. The van der Waals surface area contributed by atoms with Gasteiger partial charge in [0.2, 0.25) is 0 Å². The molecule has 2 nitrogen and oxygen atoms in total.